The number of nitrogens with zero attached hydrogens (tertiary/aromatic N) is 3. The smallest absolute Gasteiger partial charge is 0.244 e. The Hall–Kier alpha value is -1.60. The Labute approximate surface area is 105 Å². The SMILES string of the molecule is COC1CN(C(=O)Cn2cc(N)cn2)CC1OC. The molecular weight excluding hydrogens is 236 g/mol. The van der Waals surface area contributed by atoms with E-state index in [2.05, 4.69) is 5.10 Å². The topological polar surface area (TPSA) is 82.6 Å². The van der Waals surface area contributed by atoms with E-state index in [1.807, 2.05) is 0 Å². The van der Waals surface area contributed by atoms with Crippen molar-refractivity contribution in [3.8, 4) is 0 Å². The van der Waals surface area contributed by atoms with Crippen molar-refractivity contribution in [2.45, 2.75) is 18.8 Å². The molecule has 2 atom stereocenters. The second-order valence-corrected chi connectivity index (χ2v) is 4.32. The summed E-state index contributed by atoms with van der Waals surface area (Å²) in [7, 11) is 3.25. The van der Waals surface area contributed by atoms with Crippen molar-refractivity contribution in [2.75, 3.05) is 33.0 Å². The highest BCUT2D eigenvalue weighted by atomic mass is 16.5. The van der Waals surface area contributed by atoms with Crippen LogP contribution in [0.5, 0.6) is 0 Å². The predicted octanol–water partition coefficient (Wildman–Crippen LogP) is -0.662. The monoisotopic (exact) mass is 254 g/mol. The molecule has 1 aliphatic heterocycles. The lowest BCUT2D eigenvalue weighted by atomic mass is 10.3. The van der Waals surface area contributed by atoms with E-state index in [0.29, 0.717) is 18.8 Å². The fourth-order valence-corrected chi connectivity index (χ4v) is 2.10. The summed E-state index contributed by atoms with van der Waals surface area (Å²) in [5.41, 5.74) is 6.10. The van der Waals surface area contributed by atoms with Crippen LogP contribution in [0.3, 0.4) is 0 Å². The maximum absolute atomic E-state index is 12.1. The minimum Gasteiger partial charge on any atom is -0.396 e. The van der Waals surface area contributed by atoms with Crippen molar-refractivity contribution in [1.82, 2.24) is 14.7 Å². The molecule has 1 aromatic heterocycles. The number of hydrogen-bond acceptors (Lipinski definition) is 5. The van der Waals surface area contributed by atoms with Crippen molar-refractivity contribution >= 4 is 11.6 Å². The molecule has 0 aromatic carbocycles. The zero-order valence-electron chi connectivity index (χ0n) is 10.6. The first-order valence-corrected chi connectivity index (χ1v) is 5.75. The largest absolute Gasteiger partial charge is 0.396 e. The van der Waals surface area contributed by atoms with Crippen molar-refractivity contribution in [1.29, 1.82) is 0 Å². The van der Waals surface area contributed by atoms with Crippen LogP contribution in [0.4, 0.5) is 5.69 Å². The van der Waals surface area contributed by atoms with Gasteiger partial charge in [-0.25, -0.2) is 0 Å². The Morgan fingerprint density at radius 1 is 1.44 bits per heavy atom. The van der Waals surface area contributed by atoms with Crippen LogP contribution in [0.15, 0.2) is 12.4 Å². The lowest BCUT2D eigenvalue weighted by molar-refractivity contribution is -0.131. The molecule has 2 N–H and O–H groups in total. The van der Waals surface area contributed by atoms with Crippen LogP contribution < -0.4 is 5.73 Å². The van der Waals surface area contributed by atoms with E-state index in [1.165, 1.54) is 10.9 Å². The third kappa shape index (κ3) is 2.62. The molecule has 7 nitrogen and oxygen atoms in total. The molecule has 18 heavy (non-hydrogen) atoms. The number of methoxy groups -OCH3 is 2. The van der Waals surface area contributed by atoms with Gasteiger partial charge in [-0.1, -0.05) is 0 Å². The minimum atomic E-state index is -0.0679. The van der Waals surface area contributed by atoms with Crippen molar-refractivity contribution in [3.05, 3.63) is 12.4 Å². The Bertz CT molecular complexity index is 408. The van der Waals surface area contributed by atoms with Gasteiger partial charge in [0.25, 0.3) is 0 Å². The highest BCUT2D eigenvalue weighted by Gasteiger charge is 2.35. The Morgan fingerprint density at radius 2 is 2.06 bits per heavy atom. The van der Waals surface area contributed by atoms with Gasteiger partial charge in [0.05, 0.1) is 11.9 Å². The standard InChI is InChI=1S/C11H18N4O3/c1-17-9-5-14(6-10(9)18-2)11(16)7-15-4-8(12)3-13-15/h3-4,9-10H,5-7,12H2,1-2H3. The fraction of sp³-hybridized carbons (Fsp3) is 0.636. The number of ether oxygens (including phenoxy) is 2. The van der Waals surface area contributed by atoms with Gasteiger partial charge in [0.1, 0.15) is 18.8 Å². The second kappa shape index (κ2) is 5.36. The highest BCUT2D eigenvalue weighted by Crippen LogP contribution is 2.16. The number of nitrogens with two attached hydrogens (primary N) is 1. The van der Waals surface area contributed by atoms with Crippen LogP contribution in [0, 0.1) is 0 Å². The van der Waals surface area contributed by atoms with Crippen LogP contribution in [-0.2, 0) is 20.8 Å². The molecule has 2 rings (SSSR count). The summed E-state index contributed by atoms with van der Waals surface area (Å²) in [5, 5.41) is 3.99. The molecule has 1 amide bonds. The fourth-order valence-electron chi connectivity index (χ4n) is 2.10. The molecule has 1 saturated heterocycles. The van der Waals surface area contributed by atoms with E-state index >= 15 is 0 Å². The molecule has 1 aromatic rings. The number of carbonyl (C=O) groups is 1. The van der Waals surface area contributed by atoms with Gasteiger partial charge in [0.15, 0.2) is 0 Å². The molecule has 7 heteroatoms. The Kier molecular flexibility index (Phi) is 3.83. The molecule has 0 radical (unpaired) electrons. The zero-order chi connectivity index (χ0) is 13.1. The van der Waals surface area contributed by atoms with E-state index in [4.69, 9.17) is 15.2 Å². The number of rotatable bonds is 4. The van der Waals surface area contributed by atoms with Gasteiger partial charge in [0.2, 0.25) is 5.91 Å². The van der Waals surface area contributed by atoms with E-state index < -0.39 is 0 Å². The van der Waals surface area contributed by atoms with Crippen LogP contribution in [-0.4, -0.2) is 60.1 Å². The summed E-state index contributed by atoms with van der Waals surface area (Å²) in [6, 6.07) is 0. The summed E-state index contributed by atoms with van der Waals surface area (Å²) >= 11 is 0. The van der Waals surface area contributed by atoms with Gasteiger partial charge in [0, 0.05) is 33.5 Å². The summed E-state index contributed by atoms with van der Waals surface area (Å²) in [4.78, 5) is 13.8. The number of nitrogen functional groups attached to an aromatic ring is 1. The molecule has 1 aliphatic rings. The van der Waals surface area contributed by atoms with Crippen LogP contribution >= 0.6 is 0 Å². The molecule has 2 heterocycles. The van der Waals surface area contributed by atoms with E-state index in [1.54, 1.807) is 25.3 Å². The number of aromatic nitrogens is 2. The van der Waals surface area contributed by atoms with Crippen LogP contribution in [0.2, 0.25) is 0 Å². The molecule has 1 fully saturated rings. The minimum absolute atomic E-state index is 0.0142. The van der Waals surface area contributed by atoms with Gasteiger partial charge in [-0.3, -0.25) is 9.48 Å². The number of anilines is 1. The van der Waals surface area contributed by atoms with Crippen molar-refractivity contribution < 1.29 is 14.3 Å². The Balaban J connectivity index is 1.94. The van der Waals surface area contributed by atoms with Gasteiger partial charge in [-0.05, 0) is 0 Å². The zero-order valence-corrected chi connectivity index (χ0v) is 10.6. The number of hydrogen-bond donors (Lipinski definition) is 1. The molecule has 0 bridgehead atoms. The highest BCUT2D eigenvalue weighted by molar-refractivity contribution is 5.76. The molecular formula is C11H18N4O3. The maximum atomic E-state index is 12.1. The van der Waals surface area contributed by atoms with Gasteiger partial charge in [-0.15, -0.1) is 0 Å². The first-order chi connectivity index (χ1) is 8.63. The molecule has 0 aliphatic carbocycles. The predicted molar refractivity (Wildman–Crippen MR) is 64.8 cm³/mol. The lowest BCUT2D eigenvalue weighted by Crippen LogP contribution is -2.33. The first-order valence-electron chi connectivity index (χ1n) is 5.75. The average Bonchev–Trinajstić information content (AvgIpc) is 2.95. The summed E-state index contributed by atoms with van der Waals surface area (Å²) < 4.78 is 12.1. The quantitative estimate of drug-likeness (QED) is 0.771. The Morgan fingerprint density at radius 3 is 2.50 bits per heavy atom. The number of carbonyl (C=O) groups excluding carboxylic acids is 1. The molecule has 0 saturated carbocycles. The lowest BCUT2D eigenvalue weighted by Gasteiger charge is -2.15. The summed E-state index contributed by atoms with van der Waals surface area (Å²) in [6.45, 7) is 1.28. The van der Waals surface area contributed by atoms with Gasteiger partial charge in [-0.2, -0.15) is 5.10 Å². The third-order valence-corrected chi connectivity index (χ3v) is 3.12. The first kappa shape index (κ1) is 12.8. The summed E-state index contributed by atoms with van der Waals surface area (Å²) in [6.07, 6.45) is 3.02. The van der Waals surface area contributed by atoms with Gasteiger partial charge < -0.3 is 20.1 Å². The third-order valence-electron chi connectivity index (χ3n) is 3.12. The molecule has 100 valence electrons. The summed E-state index contributed by atoms with van der Waals surface area (Å²) in [5.74, 6) is -0.0142. The van der Waals surface area contributed by atoms with E-state index in [9.17, 15) is 4.79 Å². The van der Waals surface area contributed by atoms with Crippen LogP contribution in [0.1, 0.15) is 0 Å². The normalized spacial score (nSPS) is 23.6. The average molecular weight is 254 g/mol. The van der Waals surface area contributed by atoms with Crippen molar-refractivity contribution in [2.24, 2.45) is 0 Å². The molecule has 2 unspecified atom stereocenters. The van der Waals surface area contributed by atoms with Crippen LogP contribution in [0.25, 0.3) is 0 Å². The van der Waals surface area contributed by atoms with E-state index in [0.717, 1.165) is 0 Å². The maximum Gasteiger partial charge on any atom is 0.244 e. The second-order valence-electron chi connectivity index (χ2n) is 4.32. The number of likely N-dealkylation sites (tertiary alicyclic amines) is 1. The van der Waals surface area contributed by atoms with E-state index in [-0.39, 0.29) is 24.7 Å². The number of amides is 1. The van der Waals surface area contributed by atoms with Gasteiger partial charge >= 0.3 is 0 Å². The van der Waals surface area contributed by atoms with Crippen molar-refractivity contribution in [3.63, 3.8) is 0 Å². The molecule has 0 spiro atoms.